The molecule has 0 saturated carbocycles. The van der Waals surface area contributed by atoms with E-state index in [0.29, 0.717) is 26.3 Å². The van der Waals surface area contributed by atoms with Gasteiger partial charge in [-0.05, 0) is 24.3 Å². The van der Waals surface area contributed by atoms with E-state index in [9.17, 15) is 4.79 Å². The van der Waals surface area contributed by atoms with Gasteiger partial charge in [0, 0.05) is 10.6 Å². The van der Waals surface area contributed by atoms with Crippen LogP contribution in [0.25, 0.3) is 16.2 Å². The molecule has 124 valence electrons. The predicted molar refractivity (Wildman–Crippen MR) is 96.1 cm³/mol. The van der Waals surface area contributed by atoms with Crippen molar-refractivity contribution in [1.29, 1.82) is 0 Å². The zero-order valence-electron chi connectivity index (χ0n) is 12.8. The van der Waals surface area contributed by atoms with Crippen LogP contribution in [-0.4, -0.2) is 19.8 Å². The van der Waals surface area contributed by atoms with Crippen LogP contribution in [0, 0.1) is 0 Å². The van der Waals surface area contributed by atoms with E-state index >= 15 is 0 Å². The van der Waals surface area contributed by atoms with Crippen molar-refractivity contribution in [3.05, 3.63) is 75.0 Å². The summed E-state index contributed by atoms with van der Waals surface area (Å²) in [5, 5.41) is 13.7. The van der Waals surface area contributed by atoms with Crippen molar-refractivity contribution in [2.45, 2.75) is 6.61 Å². The van der Waals surface area contributed by atoms with E-state index in [-0.39, 0.29) is 17.9 Å². The Hall–Kier alpha value is -2.77. The van der Waals surface area contributed by atoms with Gasteiger partial charge in [-0.15, -0.1) is 10.2 Å². The summed E-state index contributed by atoms with van der Waals surface area (Å²) >= 11 is 7.11. The molecule has 0 unspecified atom stereocenters. The van der Waals surface area contributed by atoms with Crippen LogP contribution in [0.15, 0.2) is 59.4 Å². The first-order valence-corrected chi connectivity index (χ1v) is 8.59. The van der Waals surface area contributed by atoms with Crippen LogP contribution in [-0.2, 0) is 6.61 Å². The minimum Gasteiger partial charge on any atom is -0.486 e. The van der Waals surface area contributed by atoms with Gasteiger partial charge in [0.15, 0.2) is 10.7 Å². The van der Waals surface area contributed by atoms with Gasteiger partial charge in [0.2, 0.25) is 4.96 Å². The summed E-state index contributed by atoms with van der Waals surface area (Å²) in [4.78, 5) is 13.0. The molecule has 4 aromatic rings. The number of nitrogens with zero attached hydrogens (tertiary/aromatic N) is 4. The van der Waals surface area contributed by atoms with E-state index in [2.05, 4.69) is 15.3 Å². The van der Waals surface area contributed by atoms with Crippen molar-refractivity contribution >= 4 is 27.9 Å². The van der Waals surface area contributed by atoms with E-state index in [1.54, 1.807) is 24.3 Å². The van der Waals surface area contributed by atoms with Gasteiger partial charge in [-0.2, -0.15) is 9.61 Å². The fraction of sp³-hybridized carbons (Fsp3) is 0.0588. The molecular formula is C17H11ClN4O2S. The molecule has 0 radical (unpaired) electrons. The van der Waals surface area contributed by atoms with Crippen molar-refractivity contribution in [2.75, 3.05) is 0 Å². The average molecular weight is 371 g/mol. The Bertz CT molecular complexity index is 1080. The zero-order chi connectivity index (χ0) is 17.2. The van der Waals surface area contributed by atoms with Crippen LogP contribution < -0.4 is 10.3 Å². The molecule has 0 aliphatic carbocycles. The molecule has 2 aromatic heterocycles. The lowest BCUT2D eigenvalue weighted by Gasteiger charge is -2.02. The largest absolute Gasteiger partial charge is 0.486 e. The summed E-state index contributed by atoms with van der Waals surface area (Å²) in [7, 11) is 0. The van der Waals surface area contributed by atoms with E-state index < -0.39 is 0 Å². The zero-order valence-corrected chi connectivity index (χ0v) is 14.4. The third-order valence-corrected chi connectivity index (χ3v) is 4.58. The summed E-state index contributed by atoms with van der Waals surface area (Å²) in [6, 6.07) is 16.2. The van der Waals surface area contributed by atoms with Gasteiger partial charge >= 0.3 is 5.56 Å². The molecule has 0 atom stereocenters. The van der Waals surface area contributed by atoms with Crippen molar-refractivity contribution < 1.29 is 4.74 Å². The highest BCUT2D eigenvalue weighted by atomic mass is 35.5. The summed E-state index contributed by atoms with van der Waals surface area (Å²) in [5.41, 5.74) is 0.681. The van der Waals surface area contributed by atoms with Gasteiger partial charge in [0.1, 0.15) is 12.4 Å². The predicted octanol–water partition coefficient (Wildman–Crippen LogP) is 3.45. The first kappa shape index (κ1) is 15.7. The number of ether oxygens (including phenoxy) is 1. The van der Waals surface area contributed by atoms with Crippen molar-refractivity contribution in [1.82, 2.24) is 19.8 Å². The Morgan fingerprint density at radius 2 is 1.80 bits per heavy atom. The molecule has 6 nitrogen and oxygen atoms in total. The summed E-state index contributed by atoms with van der Waals surface area (Å²) < 4.78 is 6.92. The Balaban J connectivity index is 1.63. The van der Waals surface area contributed by atoms with Crippen LogP contribution in [0.2, 0.25) is 5.02 Å². The Morgan fingerprint density at radius 1 is 1.04 bits per heavy atom. The first-order chi connectivity index (χ1) is 12.2. The number of hydrogen-bond donors (Lipinski definition) is 0. The SMILES string of the molecule is O=c1c(-c2ccccc2)nnc2sc(COc3ccc(Cl)cc3)nn12. The second-order valence-electron chi connectivity index (χ2n) is 5.15. The van der Waals surface area contributed by atoms with Gasteiger partial charge in [-0.25, -0.2) is 0 Å². The molecule has 0 aliphatic heterocycles. The maximum absolute atomic E-state index is 12.6. The standard InChI is InChI=1S/C17H11ClN4O2S/c18-12-6-8-13(9-7-12)24-10-14-21-22-16(23)15(19-20-17(22)25-14)11-4-2-1-3-5-11/h1-9H,10H2. The van der Waals surface area contributed by atoms with E-state index in [1.807, 2.05) is 30.3 Å². The minimum absolute atomic E-state index is 0.232. The summed E-state index contributed by atoms with van der Waals surface area (Å²) in [5.74, 6) is 0.673. The maximum atomic E-state index is 12.6. The monoisotopic (exact) mass is 370 g/mol. The quantitative estimate of drug-likeness (QED) is 0.550. The third kappa shape index (κ3) is 3.24. The lowest BCUT2D eigenvalue weighted by molar-refractivity contribution is 0.304. The fourth-order valence-corrected chi connectivity index (χ4v) is 3.13. The molecule has 0 aliphatic rings. The molecule has 0 spiro atoms. The van der Waals surface area contributed by atoms with Crippen LogP contribution in [0.5, 0.6) is 5.75 Å². The molecule has 0 saturated heterocycles. The van der Waals surface area contributed by atoms with Crippen molar-refractivity contribution in [3.63, 3.8) is 0 Å². The Labute approximate surface area is 151 Å². The maximum Gasteiger partial charge on any atom is 0.302 e. The fourth-order valence-electron chi connectivity index (χ4n) is 2.27. The van der Waals surface area contributed by atoms with E-state index in [0.717, 1.165) is 0 Å². The smallest absolute Gasteiger partial charge is 0.302 e. The number of aromatic nitrogens is 4. The number of halogens is 1. The van der Waals surface area contributed by atoms with Gasteiger partial charge in [-0.1, -0.05) is 53.3 Å². The average Bonchev–Trinajstić information content (AvgIpc) is 3.06. The van der Waals surface area contributed by atoms with Crippen LogP contribution in [0.1, 0.15) is 5.01 Å². The molecule has 0 amide bonds. The van der Waals surface area contributed by atoms with Gasteiger partial charge in [0.25, 0.3) is 0 Å². The molecule has 2 aromatic carbocycles. The molecule has 2 heterocycles. The topological polar surface area (TPSA) is 69.4 Å². The Kier molecular flexibility index (Phi) is 4.17. The van der Waals surface area contributed by atoms with Crippen molar-refractivity contribution in [2.24, 2.45) is 0 Å². The summed E-state index contributed by atoms with van der Waals surface area (Å²) in [6.45, 7) is 0.232. The summed E-state index contributed by atoms with van der Waals surface area (Å²) in [6.07, 6.45) is 0. The van der Waals surface area contributed by atoms with E-state index in [4.69, 9.17) is 16.3 Å². The van der Waals surface area contributed by atoms with Crippen LogP contribution >= 0.6 is 22.9 Å². The highest BCUT2D eigenvalue weighted by Crippen LogP contribution is 2.19. The molecule has 4 rings (SSSR count). The lowest BCUT2D eigenvalue weighted by Crippen LogP contribution is -2.19. The van der Waals surface area contributed by atoms with Gasteiger partial charge in [0.05, 0.1) is 0 Å². The number of benzene rings is 2. The molecule has 0 bridgehead atoms. The van der Waals surface area contributed by atoms with Crippen LogP contribution in [0.4, 0.5) is 0 Å². The lowest BCUT2D eigenvalue weighted by atomic mass is 10.2. The minimum atomic E-state index is -0.301. The molecular weight excluding hydrogens is 360 g/mol. The van der Waals surface area contributed by atoms with Gasteiger partial charge in [-0.3, -0.25) is 4.79 Å². The molecule has 8 heteroatoms. The van der Waals surface area contributed by atoms with Crippen LogP contribution in [0.3, 0.4) is 0 Å². The molecule has 0 fully saturated rings. The third-order valence-electron chi connectivity index (χ3n) is 3.46. The Morgan fingerprint density at radius 3 is 2.56 bits per heavy atom. The van der Waals surface area contributed by atoms with Gasteiger partial charge < -0.3 is 4.74 Å². The molecule has 0 N–H and O–H groups in total. The number of fused-ring (bicyclic) bond motifs is 1. The second kappa shape index (κ2) is 6.62. The second-order valence-corrected chi connectivity index (χ2v) is 6.63. The first-order valence-electron chi connectivity index (χ1n) is 7.40. The highest BCUT2D eigenvalue weighted by Gasteiger charge is 2.13. The van der Waals surface area contributed by atoms with E-state index in [1.165, 1.54) is 15.9 Å². The number of hydrogen-bond acceptors (Lipinski definition) is 6. The highest BCUT2D eigenvalue weighted by molar-refractivity contribution is 7.16. The number of rotatable bonds is 4. The molecule has 25 heavy (non-hydrogen) atoms. The normalized spacial score (nSPS) is 10.9. The van der Waals surface area contributed by atoms with Crippen molar-refractivity contribution in [3.8, 4) is 17.0 Å².